The molecule has 2 aromatic rings. The lowest BCUT2D eigenvalue weighted by Gasteiger charge is -2.09. The Hall–Kier alpha value is -2.10. The molecular formula is C16H16ClN3O2S. The van der Waals surface area contributed by atoms with Crippen molar-refractivity contribution in [1.29, 1.82) is 5.26 Å². The van der Waals surface area contributed by atoms with Gasteiger partial charge in [0.1, 0.15) is 6.07 Å². The van der Waals surface area contributed by atoms with Gasteiger partial charge >= 0.3 is 0 Å². The third-order valence-corrected chi connectivity index (χ3v) is 4.89. The fraction of sp³-hybridized carbons (Fsp3) is 0.250. The molecule has 0 amide bonds. The second-order valence-electron chi connectivity index (χ2n) is 5.04. The predicted octanol–water partition coefficient (Wildman–Crippen LogP) is 3.82. The maximum Gasteiger partial charge on any atom is 0.232 e. The van der Waals surface area contributed by atoms with Crippen molar-refractivity contribution in [1.82, 2.24) is 4.98 Å². The first kappa shape index (κ1) is 17.3. The maximum atomic E-state index is 11.9. The monoisotopic (exact) mass is 349 g/mol. The fourth-order valence-electron chi connectivity index (χ4n) is 2.00. The molecule has 120 valence electrons. The number of anilines is 1. The normalized spacial score (nSPS) is 11.0. The molecule has 0 fully saturated rings. The SMILES string of the molecule is CCCCS(=O)(=O)Nc1cncc(-c2ccc(C#N)c(Cl)c2)c1. The maximum absolute atomic E-state index is 11.9. The predicted molar refractivity (Wildman–Crippen MR) is 91.7 cm³/mol. The number of nitrogens with one attached hydrogen (secondary N) is 1. The first-order chi connectivity index (χ1) is 10.9. The van der Waals surface area contributed by atoms with Crippen LogP contribution in [-0.4, -0.2) is 19.2 Å². The fourth-order valence-corrected chi connectivity index (χ4v) is 3.47. The molecule has 0 atom stereocenters. The molecular weight excluding hydrogens is 334 g/mol. The number of aromatic nitrogens is 1. The second-order valence-corrected chi connectivity index (χ2v) is 7.29. The molecule has 1 aromatic carbocycles. The number of hydrogen-bond acceptors (Lipinski definition) is 4. The van der Waals surface area contributed by atoms with Crippen molar-refractivity contribution in [2.75, 3.05) is 10.5 Å². The minimum Gasteiger partial charge on any atom is -0.282 e. The van der Waals surface area contributed by atoms with Gasteiger partial charge in [-0.05, 0) is 30.2 Å². The summed E-state index contributed by atoms with van der Waals surface area (Å²) >= 11 is 6.03. The van der Waals surface area contributed by atoms with Crippen LogP contribution >= 0.6 is 11.6 Å². The molecule has 1 heterocycles. The van der Waals surface area contributed by atoms with E-state index in [0.717, 1.165) is 12.0 Å². The van der Waals surface area contributed by atoms with E-state index in [1.165, 1.54) is 6.20 Å². The van der Waals surface area contributed by atoms with Crippen molar-refractivity contribution in [3.8, 4) is 17.2 Å². The summed E-state index contributed by atoms with van der Waals surface area (Å²) in [5, 5.41) is 9.25. The van der Waals surface area contributed by atoms with Crippen LogP contribution in [0.15, 0.2) is 36.7 Å². The van der Waals surface area contributed by atoms with E-state index in [1.807, 2.05) is 13.0 Å². The van der Waals surface area contributed by atoms with E-state index in [2.05, 4.69) is 9.71 Å². The number of hydrogen-bond donors (Lipinski definition) is 1. The average Bonchev–Trinajstić information content (AvgIpc) is 2.53. The third-order valence-electron chi connectivity index (χ3n) is 3.20. The highest BCUT2D eigenvalue weighted by Crippen LogP contribution is 2.26. The van der Waals surface area contributed by atoms with Crippen molar-refractivity contribution in [2.45, 2.75) is 19.8 Å². The molecule has 0 saturated heterocycles. The van der Waals surface area contributed by atoms with Crippen molar-refractivity contribution in [2.24, 2.45) is 0 Å². The summed E-state index contributed by atoms with van der Waals surface area (Å²) in [4.78, 5) is 4.06. The molecule has 5 nitrogen and oxygen atoms in total. The van der Waals surface area contributed by atoms with Crippen LogP contribution in [0, 0.1) is 11.3 Å². The van der Waals surface area contributed by atoms with E-state index in [0.29, 0.717) is 28.3 Å². The van der Waals surface area contributed by atoms with Crippen molar-refractivity contribution in [3.63, 3.8) is 0 Å². The number of unbranched alkanes of at least 4 members (excludes halogenated alkanes) is 1. The van der Waals surface area contributed by atoms with Crippen LogP contribution in [0.25, 0.3) is 11.1 Å². The summed E-state index contributed by atoms with van der Waals surface area (Å²) in [7, 11) is -3.37. The van der Waals surface area contributed by atoms with Gasteiger partial charge in [0.2, 0.25) is 10.0 Å². The Bertz CT molecular complexity index is 845. The summed E-state index contributed by atoms with van der Waals surface area (Å²) in [5.74, 6) is 0.0798. The lowest BCUT2D eigenvalue weighted by molar-refractivity contribution is 0.598. The van der Waals surface area contributed by atoms with Gasteiger partial charge in [0.25, 0.3) is 0 Å². The smallest absolute Gasteiger partial charge is 0.232 e. The van der Waals surface area contributed by atoms with E-state index in [9.17, 15) is 8.42 Å². The molecule has 0 saturated carbocycles. The van der Waals surface area contributed by atoms with Gasteiger partial charge in [-0.25, -0.2) is 8.42 Å². The molecule has 2 rings (SSSR count). The number of nitrogens with zero attached hydrogens (tertiary/aromatic N) is 2. The number of pyridine rings is 1. The Balaban J connectivity index is 2.27. The number of halogens is 1. The van der Waals surface area contributed by atoms with Gasteiger partial charge in [0, 0.05) is 11.8 Å². The van der Waals surface area contributed by atoms with Crippen LogP contribution in [0.5, 0.6) is 0 Å². The molecule has 0 aliphatic rings. The lowest BCUT2D eigenvalue weighted by Crippen LogP contribution is -2.16. The van der Waals surface area contributed by atoms with Crippen molar-refractivity contribution in [3.05, 3.63) is 47.2 Å². The van der Waals surface area contributed by atoms with Crippen LogP contribution in [-0.2, 0) is 10.0 Å². The molecule has 0 aliphatic heterocycles. The van der Waals surface area contributed by atoms with Crippen molar-refractivity contribution < 1.29 is 8.42 Å². The molecule has 0 unspecified atom stereocenters. The van der Waals surface area contributed by atoms with Crippen LogP contribution in [0.2, 0.25) is 5.02 Å². The van der Waals surface area contributed by atoms with Crippen LogP contribution < -0.4 is 4.72 Å². The van der Waals surface area contributed by atoms with Crippen LogP contribution in [0.1, 0.15) is 25.3 Å². The van der Waals surface area contributed by atoms with Gasteiger partial charge in [-0.1, -0.05) is 31.0 Å². The zero-order valence-electron chi connectivity index (χ0n) is 12.6. The van der Waals surface area contributed by atoms with Gasteiger partial charge in [-0.15, -0.1) is 0 Å². The number of rotatable bonds is 6. The number of benzene rings is 1. The zero-order chi connectivity index (χ0) is 16.9. The van der Waals surface area contributed by atoms with E-state index in [4.69, 9.17) is 16.9 Å². The first-order valence-corrected chi connectivity index (χ1v) is 9.14. The molecule has 23 heavy (non-hydrogen) atoms. The Labute approximate surface area is 141 Å². The molecule has 0 aliphatic carbocycles. The Morgan fingerprint density at radius 2 is 2.04 bits per heavy atom. The van der Waals surface area contributed by atoms with E-state index in [1.54, 1.807) is 30.5 Å². The summed E-state index contributed by atoms with van der Waals surface area (Å²) < 4.78 is 26.4. The van der Waals surface area contributed by atoms with Gasteiger partial charge in [0.15, 0.2) is 0 Å². The second kappa shape index (κ2) is 7.44. The summed E-state index contributed by atoms with van der Waals surface area (Å²) in [5.41, 5.74) is 2.27. The molecule has 0 bridgehead atoms. The minimum absolute atomic E-state index is 0.0798. The Kier molecular flexibility index (Phi) is 5.59. The first-order valence-electron chi connectivity index (χ1n) is 7.10. The Morgan fingerprint density at radius 1 is 1.26 bits per heavy atom. The molecule has 1 aromatic heterocycles. The number of sulfonamides is 1. The van der Waals surface area contributed by atoms with E-state index >= 15 is 0 Å². The van der Waals surface area contributed by atoms with Gasteiger partial charge < -0.3 is 0 Å². The molecule has 0 radical (unpaired) electrons. The average molecular weight is 350 g/mol. The number of nitriles is 1. The lowest BCUT2D eigenvalue weighted by atomic mass is 10.1. The van der Waals surface area contributed by atoms with Gasteiger partial charge in [-0.3, -0.25) is 9.71 Å². The highest BCUT2D eigenvalue weighted by atomic mass is 35.5. The summed E-state index contributed by atoms with van der Waals surface area (Å²) in [6.07, 6.45) is 4.48. The topological polar surface area (TPSA) is 82.8 Å². The quantitative estimate of drug-likeness (QED) is 0.859. The molecule has 1 N–H and O–H groups in total. The van der Waals surface area contributed by atoms with Crippen LogP contribution in [0.3, 0.4) is 0 Å². The summed E-state index contributed by atoms with van der Waals surface area (Å²) in [6, 6.07) is 8.71. The highest BCUT2D eigenvalue weighted by molar-refractivity contribution is 7.92. The summed E-state index contributed by atoms with van der Waals surface area (Å²) in [6.45, 7) is 1.94. The molecule has 7 heteroatoms. The van der Waals surface area contributed by atoms with Gasteiger partial charge in [-0.2, -0.15) is 5.26 Å². The standard InChI is InChI=1S/C16H16ClN3O2S/c1-2-3-6-23(21,22)20-15-7-14(10-19-11-15)12-4-5-13(9-18)16(17)8-12/h4-5,7-8,10-11,20H,2-3,6H2,1H3. The van der Waals surface area contributed by atoms with Crippen molar-refractivity contribution >= 4 is 27.3 Å². The highest BCUT2D eigenvalue weighted by Gasteiger charge is 2.11. The largest absolute Gasteiger partial charge is 0.282 e. The molecule has 0 spiro atoms. The zero-order valence-corrected chi connectivity index (χ0v) is 14.2. The van der Waals surface area contributed by atoms with Gasteiger partial charge in [0.05, 0.1) is 28.2 Å². The minimum atomic E-state index is -3.37. The van der Waals surface area contributed by atoms with E-state index in [-0.39, 0.29) is 5.75 Å². The third kappa shape index (κ3) is 4.68. The van der Waals surface area contributed by atoms with E-state index < -0.39 is 10.0 Å². The van der Waals surface area contributed by atoms with Crippen LogP contribution in [0.4, 0.5) is 5.69 Å². The Morgan fingerprint density at radius 3 is 2.70 bits per heavy atom.